The number of amides is 1. The summed E-state index contributed by atoms with van der Waals surface area (Å²) < 4.78 is 51.3. The predicted octanol–water partition coefficient (Wildman–Crippen LogP) is 2.39. The minimum Gasteiger partial charge on any atom is -0.353 e. The fraction of sp³-hybridized carbons (Fsp3) is 0.353. The molecule has 1 aliphatic heterocycles. The number of aromatic nitrogens is 2. The number of nitrogens with zero attached hydrogens (tertiary/aromatic N) is 4. The van der Waals surface area contributed by atoms with Crippen LogP contribution in [-0.4, -0.2) is 53.5 Å². The molecule has 1 aromatic heterocycles. The quantitative estimate of drug-likeness (QED) is 0.804. The number of carbonyl (C=O) groups excluding carboxylic acids is 1. The smallest absolute Gasteiger partial charge is 0.353 e. The molecule has 3 rings (SSSR count). The summed E-state index contributed by atoms with van der Waals surface area (Å²) in [4.78, 5) is 22.6. The van der Waals surface area contributed by atoms with Gasteiger partial charge in [-0.2, -0.15) is 13.2 Å². The van der Waals surface area contributed by atoms with Crippen LogP contribution in [0.1, 0.15) is 5.69 Å². The lowest BCUT2D eigenvalue weighted by atomic mass is 10.1. The molecule has 0 bridgehead atoms. The van der Waals surface area contributed by atoms with Crippen LogP contribution in [0.15, 0.2) is 36.7 Å². The fourth-order valence-corrected chi connectivity index (χ4v) is 2.72. The van der Waals surface area contributed by atoms with E-state index in [1.54, 1.807) is 22.9 Å². The second-order valence-corrected chi connectivity index (χ2v) is 6.29. The van der Waals surface area contributed by atoms with Gasteiger partial charge in [0.25, 0.3) is 0 Å². The molecule has 1 N–H and O–H groups in total. The van der Waals surface area contributed by atoms with Crippen molar-refractivity contribution in [3.8, 4) is 0 Å². The molecule has 1 fully saturated rings. The average Bonchev–Trinajstić information content (AvgIpc) is 2.52. The SMILES string of the molecule is CN(CC(=O)Nc1cccc(F)c1)C1CN(c2cc(C(F)(F)F)ncn2)C1. The summed E-state index contributed by atoms with van der Waals surface area (Å²) in [6, 6.07) is 6.48. The van der Waals surface area contributed by atoms with E-state index in [4.69, 9.17) is 0 Å². The lowest BCUT2D eigenvalue weighted by Crippen LogP contribution is -2.59. The van der Waals surface area contributed by atoms with Crippen LogP contribution in [0.2, 0.25) is 0 Å². The Balaban J connectivity index is 1.51. The van der Waals surface area contributed by atoms with Gasteiger partial charge in [0.05, 0.1) is 6.54 Å². The van der Waals surface area contributed by atoms with Crippen LogP contribution in [0.25, 0.3) is 0 Å². The van der Waals surface area contributed by atoms with Crippen molar-refractivity contribution in [1.29, 1.82) is 0 Å². The summed E-state index contributed by atoms with van der Waals surface area (Å²) in [5, 5.41) is 2.60. The highest BCUT2D eigenvalue weighted by molar-refractivity contribution is 5.92. The molecule has 144 valence electrons. The van der Waals surface area contributed by atoms with Crippen LogP contribution in [0.3, 0.4) is 0 Å². The Bertz CT molecular complexity index is 823. The van der Waals surface area contributed by atoms with E-state index in [1.807, 2.05) is 0 Å². The number of halogens is 4. The average molecular weight is 383 g/mol. The van der Waals surface area contributed by atoms with Gasteiger partial charge in [0.1, 0.15) is 23.7 Å². The van der Waals surface area contributed by atoms with Crippen LogP contribution in [0.5, 0.6) is 0 Å². The van der Waals surface area contributed by atoms with Gasteiger partial charge in [0.2, 0.25) is 5.91 Å². The summed E-state index contributed by atoms with van der Waals surface area (Å²) >= 11 is 0. The van der Waals surface area contributed by atoms with Crippen LogP contribution >= 0.6 is 0 Å². The normalized spacial score (nSPS) is 15.0. The summed E-state index contributed by atoms with van der Waals surface area (Å²) in [6.07, 6.45) is -3.63. The Kier molecular flexibility index (Phi) is 5.26. The third kappa shape index (κ3) is 4.70. The first-order chi connectivity index (χ1) is 12.7. The number of hydrogen-bond donors (Lipinski definition) is 1. The van der Waals surface area contributed by atoms with Gasteiger partial charge in [-0.3, -0.25) is 9.69 Å². The summed E-state index contributed by atoms with van der Waals surface area (Å²) in [7, 11) is 1.74. The lowest BCUT2D eigenvalue weighted by Gasteiger charge is -2.44. The number of carbonyl (C=O) groups is 1. The molecule has 1 aromatic carbocycles. The van der Waals surface area contributed by atoms with Crippen molar-refractivity contribution in [2.24, 2.45) is 0 Å². The topological polar surface area (TPSA) is 61.4 Å². The number of nitrogens with one attached hydrogen (secondary N) is 1. The molecule has 2 aromatic rings. The molecule has 1 aliphatic rings. The Morgan fingerprint density at radius 2 is 2.04 bits per heavy atom. The number of likely N-dealkylation sites (N-methyl/N-ethyl adjacent to an activating group) is 1. The lowest BCUT2D eigenvalue weighted by molar-refractivity contribution is -0.141. The van der Waals surface area contributed by atoms with E-state index in [0.717, 1.165) is 12.4 Å². The number of anilines is 2. The molecule has 0 radical (unpaired) electrons. The molecular weight excluding hydrogens is 366 g/mol. The number of hydrogen-bond acceptors (Lipinski definition) is 5. The first-order valence-electron chi connectivity index (χ1n) is 8.12. The Labute approximate surface area is 152 Å². The summed E-state index contributed by atoms with van der Waals surface area (Å²) in [5.74, 6) is -0.548. The zero-order chi connectivity index (χ0) is 19.6. The molecule has 0 aliphatic carbocycles. The maximum absolute atomic E-state index is 13.1. The number of benzene rings is 1. The predicted molar refractivity (Wildman–Crippen MR) is 90.7 cm³/mol. The Morgan fingerprint density at radius 3 is 2.70 bits per heavy atom. The molecule has 10 heteroatoms. The first-order valence-corrected chi connectivity index (χ1v) is 8.12. The fourth-order valence-electron chi connectivity index (χ4n) is 2.72. The highest BCUT2D eigenvalue weighted by Gasteiger charge is 2.36. The molecule has 0 saturated carbocycles. The third-order valence-electron chi connectivity index (χ3n) is 4.25. The van der Waals surface area contributed by atoms with Crippen LogP contribution in [-0.2, 0) is 11.0 Å². The third-order valence-corrected chi connectivity index (χ3v) is 4.25. The van der Waals surface area contributed by atoms with E-state index in [2.05, 4.69) is 15.3 Å². The number of rotatable bonds is 5. The molecule has 0 unspecified atom stereocenters. The van der Waals surface area contributed by atoms with Gasteiger partial charge in [-0.15, -0.1) is 0 Å². The molecule has 0 spiro atoms. The molecule has 1 amide bonds. The van der Waals surface area contributed by atoms with Gasteiger partial charge in [0.15, 0.2) is 0 Å². The van der Waals surface area contributed by atoms with E-state index >= 15 is 0 Å². The van der Waals surface area contributed by atoms with Gasteiger partial charge in [-0.1, -0.05) is 6.07 Å². The molecule has 6 nitrogen and oxygen atoms in total. The number of alkyl halides is 3. The van der Waals surface area contributed by atoms with Gasteiger partial charge in [-0.05, 0) is 25.2 Å². The van der Waals surface area contributed by atoms with Gasteiger partial charge >= 0.3 is 6.18 Å². The van der Waals surface area contributed by atoms with E-state index in [-0.39, 0.29) is 24.3 Å². The zero-order valence-corrected chi connectivity index (χ0v) is 14.4. The van der Waals surface area contributed by atoms with Crippen molar-refractivity contribution >= 4 is 17.4 Å². The summed E-state index contributed by atoms with van der Waals surface area (Å²) in [6.45, 7) is 0.961. The van der Waals surface area contributed by atoms with E-state index in [0.29, 0.717) is 18.8 Å². The second kappa shape index (κ2) is 7.47. The molecule has 1 saturated heterocycles. The van der Waals surface area contributed by atoms with Crippen molar-refractivity contribution in [1.82, 2.24) is 14.9 Å². The zero-order valence-electron chi connectivity index (χ0n) is 14.4. The van der Waals surface area contributed by atoms with Crippen LogP contribution in [0.4, 0.5) is 29.1 Å². The highest BCUT2D eigenvalue weighted by Crippen LogP contribution is 2.30. The van der Waals surface area contributed by atoms with Crippen molar-refractivity contribution in [2.45, 2.75) is 12.2 Å². The second-order valence-electron chi connectivity index (χ2n) is 6.29. The van der Waals surface area contributed by atoms with Crippen LogP contribution in [0, 0.1) is 5.82 Å². The highest BCUT2D eigenvalue weighted by atomic mass is 19.4. The van der Waals surface area contributed by atoms with Crippen molar-refractivity contribution in [2.75, 3.05) is 36.9 Å². The van der Waals surface area contributed by atoms with Crippen molar-refractivity contribution in [3.05, 3.63) is 48.2 Å². The molecular formula is C17H17F4N5O. The van der Waals surface area contributed by atoms with Gasteiger partial charge in [-0.25, -0.2) is 14.4 Å². The maximum Gasteiger partial charge on any atom is 0.433 e. The summed E-state index contributed by atoms with van der Waals surface area (Å²) in [5.41, 5.74) is -0.622. The minimum atomic E-state index is -4.52. The standard InChI is InChI=1S/C17H17F4N5O/c1-25(9-16(27)24-12-4-2-3-11(18)5-12)13-7-26(8-13)15-6-14(17(19,20)21)22-10-23-15/h2-6,10,13H,7-9H2,1H3,(H,24,27). The van der Waals surface area contributed by atoms with Crippen LogP contribution < -0.4 is 10.2 Å². The Morgan fingerprint density at radius 1 is 1.30 bits per heavy atom. The molecule has 27 heavy (non-hydrogen) atoms. The molecule has 2 heterocycles. The van der Waals surface area contributed by atoms with Crippen molar-refractivity contribution in [3.63, 3.8) is 0 Å². The largest absolute Gasteiger partial charge is 0.433 e. The van der Waals surface area contributed by atoms with Gasteiger partial charge < -0.3 is 10.2 Å². The Hall–Kier alpha value is -2.75. The molecule has 0 atom stereocenters. The van der Waals surface area contributed by atoms with Crippen molar-refractivity contribution < 1.29 is 22.4 Å². The van der Waals surface area contributed by atoms with E-state index in [9.17, 15) is 22.4 Å². The first kappa shape index (κ1) is 19.0. The monoisotopic (exact) mass is 383 g/mol. The minimum absolute atomic E-state index is 0.00689. The van der Waals surface area contributed by atoms with Gasteiger partial charge in [0, 0.05) is 30.9 Å². The van der Waals surface area contributed by atoms with E-state index in [1.165, 1.54) is 18.2 Å². The maximum atomic E-state index is 13.1. The van der Waals surface area contributed by atoms with E-state index < -0.39 is 17.7 Å².